The van der Waals surface area contributed by atoms with E-state index in [0.29, 0.717) is 5.52 Å². The molecular weight excluding hydrogens is 683 g/mol. The van der Waals surface area contributed by atoms with Crippen LogP contribution in [-0.4, -0.2) is 58.0 Å². The Morgan fingerprint density at radius 1 is 1.00 bits per heavy atom. The number of hydrogen-bond donors (Lipinski definition) is 2. The van der Waals surface area contributed by atoms with Gasteiger partial charge in [0.05, 0.1) is 44.8 Å². The van der Waals surface area contributed by atoms with Crippen LogP contribution in [0.3, 0.4) is 0 Å². The lowest BCUT2D eigenvalue weighted by Gasteiger charge is -2.38. The molecular formula is C33H37ClF7N5O3. The van der Waals surface area contributed by atoms with Crippen molar-refractivity contribution in [3.8, 4) is 0 Å². The first-order valence-electron chi connectivity index (χ1n) is 15.8. The fraction of sp³-hybridized carbons (Fsp3) is 0.545. The Labute approximate surface area is 283 Å². The summed E-state index contributed by atoms with van der Waals surface area (Å²) in [6, 6.07) is 4.74. The Kier molecular flexibility index (Phi) is 9.82. The topological polar surface area (TPSA) is 90.7 Å². The molecule has 1 saturated heterocycles. The van der Waals surface area contributed by atoms with Crippen LogP contribution in [0.1, 0.15) is 68.8 Å². The van der Waals surface area contributed by atoms with Gasteiger partial charge in [-0.05, 0) is 50.3 Å². The molecule has 0 bridgehead atoms. The fourth-order valence-corrected chi connectivity index (χ4v) is 6.83. The Bertz CT molecular complexity index is 1740. The van der Waals surface area contributed by atoms with Gasteiger partial charge in [-0.3, -0.25) is 4.79 Å². The highest BCUT2D eigenvalue weighted by Gasteiger charge is 2.45. The number of benzene rings is 2. The molecule has 0 radical (unpaired) electrons. The molecule has 16 heteroatoms. The maximum atomic E-state index is 16.5. The van der Waals surface area contributed by atoms with E-state index in [1.54, 1.807) is 27.8 Å². The molecule has 1 aliphatic carbocycles. The van der Waals surface area contributed by atoms with E-state index in [1.165, 1.54) is 38.6 Å². The van der Waals surface area contributed by atoms with E-state index in [1.807, 2.05) is 0 Å². The maximum Gasteiger partial charge on any atom is 0.393 e. The Hall–Kier alpha value is -3.75. The number of carboxylic acids is 1. The van der Waals surface area contributed by atoms with Crippen LogP contribution >= 0.6 is 11.6 Å². The van der Waals surface area contributed by atoms with Crippen molar-refractivity contribution >= 4 is 51.8 Å². The quantitative estimate of drug-likeness (QED) is 0.239. The van der Waals surface area contributed by atoms with Gasteiger partial charge in [-0.1, -0.05) is 38.4 Å². The van der Waals surface area contributed by atoms with E-state index in [-0.39, 0.29) is 90.1 Å². The molecule has 2 aliphatic rings. The van der Waals surface area contributed by atoms with Crippen molar-refractivity contribution in [3.63, 3.8) is 0 Å². The van der Waals surface area contributed by atoms with E-state index in [4.69, 9.17) is 11.6 Å². The lowest BCUT2D eigenvalue weighted by Crippen LogP contribution is -2.40. The van der Waals surface area contributed by atoms with Gasteiger partial charge >= 0.3 is 18.3 Å². The van der Waals surface area contributed by atoms with Gasteiger partial charge in [0.2, 0.25) is 11.9 Å². The molecule has 5 rings (SSSR count). The van der Waals surface area contributed by atoms with Crippen molar-refractivity contribution < 1.29 is 45.4 Å². The number of nitrogens with zero attached hydrogens (tertiary/aromatic N) is 4. The first-order valence-corrected chi connectivity index (χ1v) is 16.2. The molecule has 49 heavy (non-hydrogen) atoms. The SMILES string of the molecule is Cn1c(N(c2c(Cl)ccc(CNC(=O)C(C)(C)C)c2F)C2CCC(C(F)(F)F)CC2)nc2cc(C(=O)O)c(N3CCC(C(F)(F)F)C3)cc21. The number of halogens is 8. The fourth-order valence-electron chi connectivity index (χ4n) is 6.60. The predicted octanol–water partition coefficient (Wildman–Crippen LogP) is 8.37. The summed E-state index contributed by atoms with van der Waals surface area (Å²) in [6.45, 7) is 4.40. The Balaban J connectivity index is 1.63. The molecule has 1 unspecified atom stereocenters. The van der Waals surface area contributed by atoms with Crippen LogP contribution in [0.2, 0.25) is 5.02 Å². The van der Waals surface area contributed by atoms with Crippen molar-refractivity contribution in [2.75, 3.05) is 22.9 Å². The molecule has 1 atom stereocenters. The number of aromatic nitrogens is 2. The summed E-state index contributed by atoms with van der Waals surface area (Å²) in [5, 5.41) is 12.6. The third-order valence-electron chi connectivity index (χ3n) is 9.45. The molecule has 3 aromatic rings. The average Bonchev–Trinajstić information content (AvgIpc) is 3.62. The number of alkyl halides is 6. The van der Waals surface area contributed by atoms with Crippen molar-refractivity contribution in [3.05, 3.63) is 46.2 Å². The largest absolute Gasteiger partial charge is 0.478 e. The predicted molar refractivity (Wildman–Crippen MR) is 171 cm³/mol. The van der Waals surface area contributed by atoms with Gasteiger partial charge in [-0.2, -0.15) is 26.3 Å². The summed E-state index contributed by atoms with van der Waals surface area (Å²) in [5.74, 6) is -5.70. The van der Waals surface area contributed by atoms with Crippen molar-refractivity contribution in [1.29, 1.82) is 0 Å². The zero-order chi connectivity index (χ0) is 36.2. The molecule has 1 aliphatic heterocycles. The van der Waals surface area contributed by atoms with E-state index in [0.717, 1.165) is 0 Å². The number of nitrogens with one attached hydrogen (secondary N) is 1. The van der Waals surface area contributed by atoms with Gasteiger partial charge in [-0.15, -0.1) is 0 Å². The second-order valence-corrected chi connectivity index (χ2v) is 14.2. The Morgan fingerprint density at radius 2 is 1.63 bits per heavy atom. The normalized spacial score (nSPS) is 20.6. The molecule has 8 nitrogen and oxygen atoms in total. The first-order chi connectivity index (χ1) is 22.7. The molecule has 1 aromatic heterocycles. The van der Waals surface area contributed by atoms with Crippen LogP contribution in [0.15, 0.2) is 24.3 Å². The number of rotatable bonds is 7. The lowest BCUT2D eigenvalue weighted by molar-refractivity contribution is -0.182. The van der Waals surface area contributed by atoms with E-state index >= 15 is 4.39 Å². The first kappa shape index (κ1) is 36.5. The van der Waals surface area contributed by atoms with Crippen LogP contribution < -0.4 is 15.1 Å². The minimum absolute atomic E-state index is 0.00757. The molecule has 2 fully saturated rings. The second-order valence-electron chi connectivity index (χ2n) is 13.8. The average molecular weight is 720 g/mol. The summed E-state index contributed by atoms with van der Waals surface area (Å²) in [7, 11) is 1.55. The third-order valence-corrected chi connectivity index (χ3v) is 9.75. The summed E-state index contributed by atoms with van der Waals surface area (Å²) >= 11 is 6.62. The number of imidazole rings is 1. The highest BCUT2D eigenvalue weighted by Crippen LogP contribution is 2.45. The number of fused-ring (bicyclic) bond motifs is 1. The monoisotopic (exact) mass is 719 g/mol. The van der Waals surface area contributed by atoms with Crippen molar-refractivity contribution in [1.82, 2.24) is 14.9 Å². The van der Waals surface area contributed by atoms with E-state index in [2.05, 4.69) is 10.3 Å². The second kappa shape index (κ2) is 13.2. The van der Waals surface area contributed by atoms with E-state index in [9.17, 15) is 41.0 Å². The summed E-state index contributed by atoms with van der Waals surface area (Å²) in [5.41, 5.74) is -0.665. The third kappa shape index (κ3) is 7.41. The van der Waals surface area contributed by atoms with Gasteiger partial charge in [0.15, 0.2) is 5.82 Å². The van der Waals surface area contributed by atoms with Crippen LogP contribution in [0, 0.1) is 23.1 Å². The number of carbonyl (C=O) groups excluding carboxylic acids is 1. The van der Waals surface area contributed by atoms with Crippen LogP contribution in [0.4, 0.5) is 48.1 Å². The molecule has 2 aromatic carbocycles. The number of amides is 1. The van der Waals surface area contributed by atoms with Gasteiger partial charge < -0.3 is 24.8 Å². The molecule has 2 heterocycles. The zero-order valence-electron chi connectivity index (χ0n) is 27.3. The van der Waals surface area contributed by atoms with Gasteiger partial charge in [0.25, 0.3) is 0 Å². The molecule has 0 spiro atoms. The number of carbonyl (C=O) groups is 2. The molecule has 1 saturated carbocycles. The highest BCUT2D eigenvalue weighted by atomic mass is 35.5. The minimum atomic E-state index is -4.46. The van der Waals surface area contributed by atoms with Crippen LogP contribution in [0.25, 0.3) is 11.0 Å². The smallest absolute Gasteiger partial charge is 0.393 e. The number of anilines is 3. The summed E-state index contributed by atoms with van der Waals surface area (Å²) in [4.78, 5) is 32.3. The van der Waals surface area contributed by atoms with Crippen molar-refractivity contribution in [2.45, 2.75) is 77.8 Å². The number of aromatic carboxylic acids is 1. The molecule has 2 N–H and O–H groups in total. The summed E-state index contributed by atoms with van der Waals surface area (Å²) < 4.78 is 99.4. The molecule has 268 valence electrons. The Morgan fingerprint density at radius 3 is 2.18 bits per heavy atom. The zero-order valence-corrected chi connectivity index (χ0v) is 28.0. The lowest BCUT2D eigenvalue weighted by atomic mass is 9.84. The minimum Gasteiger partial charge on any atom is -0.478 e. The van der Waals surface area contributed by atoms with Crippen LogP contribution in [-0.2, 0) is 18.4 Å². The molecule has 1 amide bonds. The van der Waals surface area contributed by atoms with Crippen LogP contribution in [0.5, 0.6) is 0 Å². The van der Waals surface area contributed by atoms with Gasteiger partial charge in [-0.25, -0.2) is 14.2 Å². The van der Waals surface area contributed by atoms with Gasteiger partial charge in [0, 0.05) is 43.7 Å². The summed E-state index contributed by atoms with van der Waals surface area (Å²) in [6.07, 6.45) is -9.57. The standard InChI is InChI=1S/C33H37ClF7N5O3/c1-31(2,3)29(49)42-15-17-5-10-22(34)27(26(17)35)46(20-8-6-18(7-9-20)32(36,37)38)30-43-23-13-21(28(47)48)24(14-25(23)44(30)4)45-12-11-19(16-45)33(39,40)41/h5,10,13-14,18-20H,6-9,11-12,15-16H2,1-4H3,(H,42,49)(H,47,48). The number of carboxylic acid groups (broad SMARTS) is 1. The number of aryl methyl sites for hydroxylation is 1. The van der Waals surface area contributed by atoms with Crippen molar-refractivity contribution in [2.24, 2.45) is 24.3 Å². The van der Waals surface area contributed by atoms with E-state index < -0.39 is 54.0 Å². The van der Waals surface area contributed by atoms with Gasteiger partial charge in [0.1, 0.15) is 0 Å². The highest BCUT2D eigenvalue weighted by molar-refractivity contribution is 6.33. The number of hydrogen-bond acceptors (Lipinski definition) is 5. The maximum absolute atomic E-state index is 16.5.